The molecule has 0 bridgehead atoms. The first-order chi connectivity index (χ1) is 8.44. The molecule has 0 fully saturated rings. The summed E-state index contributed by atoms with van der Waals surface area (Å²) in [6.07, 6.45) is 2.99. The highest BCUT2D eigenvalue weighted by Crippen LogP contribution is 2.27. The highest BCUT2D eigenvalue weighted by Gasteiger charge is 2.15. The van der Waals surface area contributed by atoms with Gasteiger partial charge >= 0.3 is 5.97 Å². The van der Waals surface area contributed by atoms with Gasteiger partial charge in [-0.2, -0.15) is 5.26 Å². The van der Waals surface area contributed by atoms with Crippen molar-refractivity contribution in [1.29, 1.82) is 5.26 Å². The van der Waals surface area contributed by atoms with Gasteiger partial charge in [-0.3, -0.25) is 0 Å². The first kappa shape index (κ1) is 15.1. The van der Waals surface area contributed by atoms with Gasteiger partial charge in [0.25, 0.3) is 0 Å². The number of hydrogen-bond donors (Lipinski definition) is 1. The summed E-state index contributed by atoms with van der Waals surface area (Å²) in [7, 11) is 0. The minimum atomic E-state index is -0.859. The Bertz CT molecular complexity index is 446. The van der Waals surface area contributed by atoms with Gasteiger partial charge in [-0.15, -0.1) is 23.1 Å². The van der Waals surface area contributed by atoms with Crippen LogP contribution >= 0.6 is 23.1 Å². The molecule has 0 aliphatic carbocycles. The van der Waals surface area contributed by atoms with E-state index in [1.165, 1.54) is 11.3 Å². The summed E-state index contributed by atoms with van der Waals surface area (Å²) >= 11 is 2.95. The van der Waals surface area contributed by atoms with Crippen LogP contribution in [0.3, 0.4) is 0 Å². The molecule has 0 amide bonds. The summed E-state index contributed by atoms with van der Waals surface area (Å²) in [4.78, 5) is 12.1. The number of aromatic carboxylic acids is 1. The fourth-order valence-corrected chi connectivity index (χ4v) is 3.31. The topological polar surface area (TPSA) is 61.1 Å². The fourth-order valence-electron chi connectivity index (χ4n) is 1.42. The molecule has 0 radical (unpaired) electrons. The maximum atomic E-state index is 10.7. The molecule has 1 aromatic rings. The van der Waals surface area contributed by atoms with Crippen LogP contribution in [0.15, 0.2) is 16.3 Å². The summed E-state index contributed by atoms with van der Waals surface area (Å²) in [6, 6.07) is 4.01. The molecular formula is C13H17NO2S2. The smallest absolute Gasteiger partial charge is 0.345 e. The van der Waals surface area contributed by atoms with Crippen molar-refractivity contribution < 1.29 is 9.90 Å². The minimum Gasteiger partial charge on any atom is -0.477 e. The average molecular weight is 283 g/mol. The van der Waals surface area contributed by atoms with E-state index in [0.717, 1.165) is 29.9 Å². The number of nitrogens with zero attached hydrogens (tertiary/aromatic N) is 1. The molecule has 98 valence electrons. The van der Waals surface area contributed by atoms with E-state index < -0.39 is 5.97 Å². The number of carbonyl (C=O) groups is 1. The van der Waals surface area contributed by atoms with E-state index in [0.29, 0.717) is 4.88 Å². The number of thiophene rings is 1. The van der Waals surface area contributed by atoms with Crippen molar-refractivity contribution >= 4 is 29.1 Å². The van der Waals surface area contributed by atoms with Crippen LogP contribution in [0.2, 0.25) is 0 Å². The molecule has 0 unspecified atom stereocenters. The van der Waals surface area contributed by atoms with Gasteiger partial charge in [0.05, 0.1) is 11.5 Å². The largest absolute Gasteiger partial charge is 0.477 e. The number of hydrogen-bond acceptors (Lipinski definition) is 4. The Balaban J connectivity index is 2.22. The lowest BCUT2D eigenvalue weighted by molar-refractivity contribution is 0.0702. The maximum Gasteiger partial charge on any atom is 0.345 e. The van der Waals surface area contributed by atoms with E-state index in [2.05, 4.69) is 6.07 Å². The Morgan fingerprint density at radius 1 is 1.56 bits per heavy atom. The lowest BCUT2D eigenvalue weighted by Crippen LogP contribution is -2.07. The number of nitriles is 1. The first-order valence-corrected chi connectivity index (χ1v) is 7.67. The highest BCUT2D eigenvalue weighted by molar-refractivity contribution is 7.99. The van der Waals surface area contributed by atoms with Crippen LogP contribution in [0.4, 0.5) is 0 Å². The quantitative estimate of drug-likeness (QED) is 0.600. The van der Waals surface area contributed by atoms with Gasteiger partial charge in [0.2, 0.25) is 0 Å². The van der Waals surface area contributed by atoms with Gasteiger partial charge in [-0.1, -0.05) is 6.42 Å². The second-order valence-corrected chi connectivity index (χ2v) is 6.83. The van der Waals surface area contributed by atoms with E-state index >= 15 is 0 Å². The van der Waals surface area contributed by atoms with Crippen molar-refractivity contribution in [2.45, 2.75) is 38.0 Å². The molecule has 0 saturated carbocycles. The molecule has 1 rings (SSSR count). The second-order valence-electron chi connectivity index (χ2n) is 4.75. The zero-order valence-corrected chi connectivity index (χ0v) is 12.2. The normalized spacial score (nSPS) is 11.2. The molecule has 1 N–H and O–H groups in total. The summed E-state index contributed by atoms with van der Waals surface area (Å²) in [5.41, 5.74) is -0.233. The molecule has 0 aromatic carbocycles. The molecule has 1 heterocycles. The number of carboxylic acids is 1. The van der Waals surface area contributed by atoms with Crippen molar-refractivity contribution in [3.05, 3.63) is 16.3 Å². The molecule has 3 nitrogen and oxygen atoms in total. The maximum absolute atomic E-state index is 10.7. The third kappa shape index (κ3) is 5.11. The van der Waals surface area contributed by atoms with Crippen LogP contribution in [0.1, 0.15) is 42.8 Å². The SMILES string of the molecule is CC(C)(C#N)CCCCSc1csc(C(=O)O)c1. The highest BCUT2D eigenvalue weighted by atomic mass is 32.2. The summed E-state index contributed by atoms with van der Waals surface area (Å²) in [6.45, 7) is 3.91. The number of rotatable bonds is 7. The molecule has 0 aliphatic heterocycles. The minimum absolute atomic E-state index is 0.233. The third-order valence-corrected chi connectivity index (χ3v) is 4.68. The molecule has 18 heavy (non-hydrogen) atoms. The zero-order valence-electron chi connectivity index (χ0n) is 10.6. The molecule has 1 aromatic heterocycles. The average Bonchev–Trinajstić information content (AvgIpc) is 2.77. The van der Waals surface area contributed by atoms with Gasteiger partial charge in [0.15, 0.2) is 0 Å². The molecule has 0 spiro atoms. The predicted octanol–water partition coefficient (Wildman–Crippen LogP) is 4.26. The van der Waals surface area contributed by atoms with Gasteiger partial charge in [-0.05, 0) is 38.5 Å². The van der Waals surface area contributed by atoms with Crippen molar-refractivity contribution in [2.75, 3.05) is 5.75 Å². The lowest BCUT2D eigenvalue weighted by atomic mass is 9.89. The zero-order chi connectivity index (χ0) is 13.6. The summed E-state index contributed by atoms with van der Waals surface area (Å²) < 4.78 is 0. The summed E-state index contributed by atoms with van der Waals surface area (Å²) in [5.74, 6) is 0.111. The Morgan fingerprint density at radius 3 is 2.83 bits per heavy atom. The monoisotopic (exact) mass is 283 g/mol. The van der Waals surface area contributed by atoms with Gasteiger partial charge in [-0.25, -0.2) is 4.79 Å². The van der Waals surface area contributed by atoms with E-state index in [9.17, 15) is 4.79 Å². The van der Waals surface area contributed by atoms with Crippen molar-refractivity contribution in [3.63, 3.8) is 0 Å². The van der Waals surface area contributed by atoms with Gasteiger partial charge in [0.1, 0.15) is 4.88 Å². The van der Waals surface area contributed by atoms with Crippen LogP contribution < -0.4 is 0 Å². The van der Waals surface area contributed by atoms with E-state index in [-0.39, 0.29) is 5.41 Å². The van der Waals surface area contributed by atoms with Crippen LogP contribution in [-0.2, 0) is 0 Å². The number of carboxylic acid groups (broad SMARTS) is 1. The van der Waals surface area contributed by atoms with Crippen molar-refractivity contribution in [2.24, 2.45) is 5.41 Å². The molecule has 5 heteroatoms. The first-order valence-electron chi connectivity index (χ1n) is 5.80. The Morgan fingerprint density at radius 2 is 2.28 bits per heavy atom. The Labute approximate surface area is 116 Å². The molecule has 0 atom stereocenters. The molecule has 0 saturated heterocycles. The number of unbranched alkanes of at least 4 members (excludes halogenated alkanes) is 1. The van der Waals surface area contributed by atoms with Gasteiger partial charge in [0, 0.05) is 10.3 Å². The fraction of sp³-hybridized carbons (Fsp3) is 0.538. The second kappa shape index (κ2) is 6.81. The van der Waals surface area contributed by atoms with E-state index in [1.54, 1.807) is 17.8 Å². The van der Waals surface area contributed by atoms with Gasteiger partial charge < -0.3 is 5.11 Å². The lowest BCUT2D eigenvalue weighted by Gasteiger charge is -2.13. The molecule has 0 aliphatic rings. The molecular weight excluding hydrogens is 266 g/mol. The Hall–Kier alpha value is -0.990. The van der Waals surface area contributed by atoms with Crippen LogP contribution in [-0.4, -0.2) is 16.8 Å². The van der Waals surface area contributed by atoms with Crippen molar-refractivity contribution in [3.8, 4) is 6.07 Å². The number of thioether (sulfide) groups is 1. The Kier molecular flexibility index (Phi) is 5.70. The van der Waals surface area contributed by atoms with Crippen molar-refractivity contribution in [1.82, 2.24) is 0 Å². The standard InChI is InChI=1S/C13H17NO2S2/c1-13(2,9-14)5-3-4-6-17-10-7-11(12(15)16)18-8-10/h7-8H,3-6H2,1-2H3,(H,15,16). The van der Waals surface area contributed by atoms with Crippen LogP contribution in [0.25, 0.3) is 0 Å². The third-order valence-electron chi connectivity index (χ3n) is 2.55. The van der Waals surface area contributed by atoms with E-state index in [4.69, 9.17) is 10.4 Å². The van der Waals surface area contributed by atoms with Crippen LogP contribution in [0, 0.1) is 16.7 Å². The van der Waals surface area contributed by atoms with Crippen LogP contribution in [0.5, 0.6) is 0 Å². The summed E-state index contributed by atoms with van der Waals surface area (Å²) in [5, 5.41) is 19.6. The van der Waals surface area contributed by atoms with E-state index in [1.807, 2.05) is 19.2 Å². The predicted molar refractivity (Wildman–Crippen MR) is 75.2 cm³/mol.